The maximum Gasteiger partial charge on any atom is 0.310 e. The monoisotopic (exact) mass is 371 g/mol. The summed E-state index contributed by atoms with van der Waals surface area (Å²) < 4.78 is 30.4. The Bertz CT molecular complexity index is 427. The Morgan fingerprint density at radius 1 is 1.47 bits per heavy atom. The second-order valence-electron chi connectivity index (χ2n) is 3.08. The van der Waals surface area contributed by atoms with Crippen LogP contribution in [0.3, 0.4) is 0 Å². The number of hydrogen-bond donors (Lipinski definition) is 0. The number of ether oxygens (including phenoxy) is 1. The van der Waals surface area contributed by atoms with Crippen molar-refractivity contribution in [3.05, 3.63) is 26.4 Å². The Labute approximate surface area is 114 Å². The third-order valence-electron chi connectivity index (χ3n) is 1.91. The molecule has 0 N–H and O–H groups in total. The lowest BCUT2D eigenvalue weighted by atomic mass is 10.2. The van der Waals surface area contributed by atoms with Crippen molar-refractivity contribution in [1.29, 1.82) is 0 Å². The van der Waals surface area contributed by atoms with Gasteiger partial charge in [-0.25, -0.2) is 8.78 Å². The minimum absolute atomic E-state index is 0.0104. The molecular weight excluding hydrogens is 364 g/mol. The molecule has 0 atom stereocenters. The summed E-state index contributed by atoms with van der Waals surface area (Å²) in [7, 11) is 0. The van der Waals surface area contributed by atoms with Crippen molar-refractivity contribution in [1.82, 2.24) is 4.98 Å². The molecule has 0 radical (unpaired) electrons. The van der Waals surface area contributed by atoms with Crippen molar-refractivity contribution < 1.29 is 18.3 Å². The third-order valence-corrected chi connectivity index (χ3v) is 4.15. The second kappa shape index (κ2) is 6.39. The van der Waals surface area contributed by atoms with E-state index in [2.05, 4.69) is 36.8 Å². The SMILES string of the molecule is CCOC(=O)Cc1cnc(C(F)F)c(Br)c1Br. The summed E-state index contributed by atoms with van der Waals surface area (Å²) in [6.07, 6.45) is -1.44. The lowest BCUT2D eigenvalue weighted by Crippen LogP contribution is -2.09. The van der Waals surface area contributed by atoms with E-state index in [1.165, 1.54) is 6.20 Å². The molecule has 0 fully saturated rings. The standard InChI is InChI=1S/C10H9Br2F2NO2/c1-2-17-6(16)3-5-4-15-9(10(13)14)8(12)7(5)11/h4,10H,2-3H2,1H3. The molecule has 0 saturated carbocycles. The summed E-state index contributed by atoms with van der Waals surface area (Å²) in [4.78, 5) is 14.9. The zero-order valence-corrected chi connectivity index (χ0v) is 12.0. The summed E-state index contributed by atoms with van der Waals surface area (Å²) in [5.74, 6) is -0.424. The molecule has 0 aromatic carbocycles. The van der Waals surface area contributed by atoms with Crippen LogP contribution in [0, 0.1) is 0 Å². The fourth-order valence-corrected chi connectivity index (χ4v) is 2.13. The van der Waals surface area contributed by atoms with Crippen LogP contribution in [0.15, 0.2) is 15.1 Å². The summed E-state index contributed by atoms with van der Waals surface area (Å²) in [6.45, 7) is 1.97. The van der Waals surface area contributed by atoms with Crippen molar-refractivity contribution in [3.8, 4) is 0 Å². The van der Waals surface area contributed by atoms with Crippen molar-refractivity contribution in [3.63, 3.8) is 0 Å². The predicted octanol–water partition coefficient (Wildman–Crippen LogP) is 3.65. The highest BCUT2D eigenvalue weighted by Gasteiger charge is 2.19. The van der Waals surface area contributed by atoms with Crippen molar-refractivity contribution in [2.24, 2.45) is 0 Å². The Morgan fingerprint density at radius 2 is 2.12 bits per heavy atom. The molecule has 0 aliphatic carbocycles. The second-order valence-corrected chi connectivity index (χ2v) is 4.67. The molecule has 1 aromatic heterocycles. The molecule has 0 aliphatic heterocycles. The van der Waals surface area contributed by atoms with E-state index in [4.69, 9.17) is 4.74 Å². The molecule has 0 spiro atoms. The first-order chi connectivity index (χ1) is 7.97. The number of aromatic nitrogens is 1. The van der Waals surface area contributed by atoms with Gasteiger partial charge in [-0.3, -0.25) is 9.78 Å². The van der Waals surface area contributed by atoms with Crippen molar-refractivity contribution in [2.45, 2.75) is 19.8 Å². The van der Waals surface area contributed by atoms with Crippen LogP contribution in [0.25, 0.3) is 0 Å². The number of alkyl halides is 2. The van der Waals surface area contributed by atoms with Gasteiger partial charge in [0, 0.05) is 10.7 Å². The quantitative estimate of drug-likeness (QED) is 0.757. The minimum atomic E-state index is -2.67. The number of carbonyl (C=O) groups excluding carboxylic acids is 1. The third kappa shape index (κ3) is 3.70. The van der Waals surface area contributed by atoms with Crippen LogP contribution in [0.5, 0.6) is 0 Å². The maximum absolute atomic E-state index is 12.5. The predicted molar refractivity (Wildman–Crippen MR) is 64.9 cm³/mol. The lowest BCUT2D eigenvalue weighted by molar-refractivity contribution is -0.142. The molecule has 0 bridgehead atoms. The van der Waals surface area contributed by atoms with E-state index >= 15 is 0 Å². The molecule has 17 heavy (non-hydrogen) atoms. The van der Waals surface area contributed by atoms with Gasteiger partial charge in [0.05, 0.1) is 17.5 Å². The summed E-state index contributed by atoms with van der Waals surface area (Å²) in [5.41, 5.74) is 0.143. The van der Waals surface area contributed by atoms with E-state index in [1.54, 1.807) is 6.92 Å². The molecule has 0 amide bonds. The highest BCUT2D eigenvalue weighted by Crippen LogP contribution is 2.33. The van der Waals surface area contributed by atoms with Gasteiger partial charge in [0.1, 0.15) is 5.69 Å². The average molecular weight is 373 g/mol. The fourth-order valence-electron chi connectivity index (χ4n) is 1.16. The molecule has 0 unspecified atom stereocenters. The van der Waals surface area contributed by atoms with Gasteiger partial charge >= 0.3 is 5.97 Å². The topological polar surface area (TPSA) is 39.2 Å². The van der Waals surface area contributed by atoms with Gasteiger partial charge < -0.3 is 4.74 Å². The highest BCUT2D eigenvalue weighted by atomic mass is 79.9. The molecular formula is C10H9Br2F2NO2. The maximum atomic E-state index is 12.5. The zero-order chi connectivity index (χ0) is 13.0. The molecule has 7 heteroatoms. The Hall–Kier alpha value is -0.560. The Morgan fingerprint density at radius 3 is 2.65 bits per heavy atom. The van der Waals surface area contributed by atoms with E-state index in [9.17, 15) is 13.6 Å². The number of halogens is 4. The van der Waals surface area contributed by atoms with Crippen molar-refractivity contribution >= 4 is 37.8 Å². The lowest BCUT2D eigenvalue weighted by Gasteiger charge is -2.09. The Kier molecular flexibility index (Phi) is 5.45. The largest absolute Gasteiger partial charge is 0.466 e. The molecule has 0 aliphatic rings. The first-order valence-electron chi connectivity index (χ1n) is 4.73. The van der Waals surface area contributed by atoms with Crippen LogP contribution in [-0.4, -0.2) is 17.6 Å². The average Bonchev–Trinajstić information content (AvgIpc) is 2.25. The van der Waals surface area contributed by atoms with Crippen molar-refractivity contribution in [2.75, 3.05) is 6.61 Å². The number of hydrogen-bond acceptors (Lipinski definition) is 3. The smallest absolute Gasteiger partial charge is 0.310 e. The molecule has 1 heterocycles. The molecule has 1 aromatic rings. The normalized spacial score (nSPS) is 10.7. The number of rotatable bonds is 4. The summed E-state index contributed by atoms with van der Waals surface area (Å²) in [6, 6.07) is 0. The van der Waals surface area contributed by atoms with E-state index in [1.807, 2.05) is 0 Å². The van der Waals surface area contributed by atoms with Crippen LogP contribution < -0.4 is 0 Å². The van der Waals surface area contributed by atoms with Crippen LogP contribution in [-0.2, 0) is 16.0 Å². The van der Waals surface area contributed by atoms with Crippen LogP contribution in [0.4, 0.5) is 8.78 Å². The van der Waals surface area contributed by atoms with Gasteiger partial charge in [-0.2, -0.15) is 0 Å². The van der Waals surface area contributed by atoms with Crippen LogP contribution in [0.1, 0.15) is 24.6 Å². The van der Waals surface area contributed by atoms with Gasteiger partial charge in [0.25, 0.3) is 6.43 Å². The molecule has 1 rings (SSSR count). The number of nitrogens with zero attached hydrogens (tertiary/aromatic N) is 1. The number of carbonyl (C=O) groups is 1. The van der Waals surface area contributed by atoms with Crippen LogP contribution >= 0.6 is 31.9 Å². The molecule has 94 valence electrons. The Balaban J connectivity index is 2.96. The number of pyridine rings is 1. The highest BCUT2D eigenvalue weighted by molar-refractivity contribution is 9.13. The van der Waals surface area contributed by atoms with E-state index < -0.39 is 12.4 Å². The zero-order valence-electron chi connectivity index (χ0n) is 8.84. The first-order valence-corrected chi connectivity index (χ1v) is 6.32. The van der Waals surface area contributed by atoms with Gasteiger partial charge in [-0.05, 0) is 44.3 Å². The van der Waals surface area contributed by atoms with E-state index in [-0.39, 0.29) is 23.2 Å². The first kappa shape index (κ1) is 14.5. The van der Waals surface area contributed by atoms with Gasteiger partial charge in [0.15, 0.2) is 0 Å². The van der Waals surface area contributed by atoms with Gasteiger partial charge in [0.2, 0.25) is 0 Å². The minimum Gasteiger partial charge on any atom is -0.466 e. The summed E-state index contributed by atoms with van der Waals surface area (Å²) in [5, 5.41) is 0. The van der Waals surface area contributed by atoms with Crippen LogP contribution in [0.2, 0.25) is 0 Å². The molecule has 0 saturated heterocycles. The fraction of sp³-hybridized carbons (Fsp3) is 0.400. The summed E-state index contributed by atoms with van der Waals surface area (Å²) >= 11 is 6.17. The van der Waals surface area contributed by atoms with Gasteiger partial charge in [-0.1, -0.05) is 0 Å². The number of esters is 1. The van der Waals surface area contributed by atoms with E-state index in [0.717, 1.165) is 0 Å². The molecule has 3 nitrogen and oxygen atoms in total. The van der Waals surface area contributed by atoms with E-state index in [0.29, 0.717) is 10.0 Å². The van der Waals surface area contributed by atoms with Gasteiger partial charge in [-0.15, -0.1) is 0 Å².